The van der Waals surface area contributed by atoms with Crippen LogP contribution in [0.25, 0.3) is 0 Å². The van der Waals surface area contributed by atoms with E-state index in [4.69, 9.17) is 0 Å². The van der Waals surface area contributed by atoms with Gasteiger partial charge in [0.15, 0.2) is 5.78 Å². The number of anilines is 2. The smallest absolute Gasteiger partial charge is 0.261 e. The van der Waals surface area contributed by atoms with E-state index >= 15 is 0 Å². The zero-order valence-electron chi connectivity index (χ0n) is 14.5. The summed E-state index contributed by atoms with van der Waals surface area (Å²) in [4.78, 5) is 13.9. The van der Waals surface area contributed by atoms with Crippen LogP contribution in [-0.4, -0.2) is 27.3 Å². The van der Waals surface area contributed by atoms with E-state index in [-0.39, 0.29) is 10.7 Å². The van der Waals surface area contributed by atoms with Crippen LogP contribution in [-0.2, 0) is 10.0 Å². The monoisotopic (exact) mass is 358 g/mol. The number of sulfonamides is 1. The Labute approximate surface area is 148 Å². The van der Waals surface area contributed by atoms with E-state index in [2.05, 4.69) is 9.62 Å². The second-order valence-corrected chi connectivity index (χ2v) is 8.07. The minimum absolute atomic E-state index is 0.0891. The van der Waals surface area contributed by atoms with Crippen LogP contribution >= 0.6 is 0 Å². The summed E-state index contributed by atoms with van der Waals surface area (Å²) in [5, 5.41) is 0. The maximum atomic E-state index is 12.7. The highest BCUT2D eigenvalue weighted by Gasteiger charge is 2.18. The summed E-state index contributed by atoms with van der Waals surface area (Å²) in [5.41, 5.74) is 2.83. The summed E-state index contributed by atoms with van der Waals surface area (Å²) in [6, 6.07) is 11.9. The Kier molecular flexibility index (Phi) is 4.81. The van der Waals surface area contributed by atoms with Crippen molar-refractivity contribution in [3.63, 3.8) is 0 Å². The van der Waals surface area contributed by atoms with Crippen molar-refractivity contribution in [3.8, 4) is 0 Å². The van der Waals surface area contributed by atoms with Crippen LogP contribution in [0.3, 0.4) is 0 Å². The van der Waals surface area contributed by atoms with Gasteiger partial charge in [-0.15, -0.1) is 0 Å². The van der Waals surface area contributed by atoms with Crippen LogP contribution in [0.15, 0.2) is 47.4 Å². The number of hydrogen-bond acceptors (Lipinski definition) is 4. The average Bonchev–Trinajstić information content (AvgIpc) is 3.11. The van der Waals surface area contributed by atoms with Crippen LogP contribution in [0, 0.1) is 6.92 Å². The molecular weight excluding hydrogens is 336 g/mol. The fourth-order valence-electron chi connectivity index (χ4n) is 2.98. The third kappa shape index (κ3) is 3.85. The lowest BCUT2D eigenvalue weighted by Gasteiger charge is -2.20. The molecule has 0 aromatic heterocycles. The van der Waals surface area contributed by atoms with E-state index in [1.165, 1.54) is 19.1 Å². The first-order valence-electron chi connectivity index (χ1n) is 8.36. The Hall–Kier alpha value is -2.34. The van der Waals surface area contributed by atoms with E-state index in [0.29, 0.717) is 11.3 Å². The van der Waals surface area contributed by atoms with Gasteiger partial charge in [0.05, 0.1) is 10.6 Å². The van der Waals surface area contributed by atoms with Gasteiger partial charge in [-0.3, -0.25) is 9.52 Å². The summed E-state index contributed by atoms with van der Waals surface area (Å²) in [5.74, 6) is -0.163. The second kappa shape index (κ2) is 6.88. The van der Waals surface area contributed by atoms with Gasteiger partial charge in [-0.25, -0.2) is 8.42 Å². The fourth-order valence-corrected chi connectivity index (χ4v) is 4.15. The van der Waals surface area contributed by atoms with E-state index < -0.39 is 10.0 Å². The average molecular weight is 358 g/mol. The number of carbonyl (C=O) groups is 1. The highest BCUT2D eigenvalue weighted by molar-refractivity contribution is 7.92. The molecule has 3 rings (SSSR count). The number of aryl methyl sites for hydroxylation is 1. The maximum absolute atomic E-state index is 12.7. The molecule has 6 heteroatoms. The molecule has 0 atom stereocenters. The van der Waals surface area contributed by atoms with Crippen molar-refractivity contribution < 1.29 is 13.2 Å². The standard InChI is InChI=1S/C19H22N2O3S/c1-14-8-9-17(21-10-3-4-11-21)13-19(14)20-25(23,24)18-7-5-6-16(12-18)15(2)22/h5-9,12-13,20H,3-4,10-11H2,1-2H3. The Balaban J connectivity index is 1.91. The van der Waals surface area contributed by atoms with E-state index in [9.17, 15) is 13.2 Å². The van der Waals surface area contributed by atoms with Gasteiger partial charge < -0.3 is 4.90 Å². The Morgan fingerprint density at radius 1 is 1.08 bits per heavy atom. The van der Waals surface area contributed by atoms with Crippen LogP contribution in [0.5, 0.6) is 0 Å². The molecule has 0 spiro atoms. The lowest BCUT2D eigenvalue weighted by Crippen LogP contribution is -2.19. The van der Waals surface area contributed by atoms with Crippen LogP contribution in [0.2, 0.25) is 0 Å². The molecule has 1 N–H and O–H groups in total. The minimum atomic E-state index is -3.75. The van der Waals surface area contributed by atoms with Gasteiger partial charge in [-0.1, -0.05) is 18.2 Å². The first-order chi connectivity index (χ1) is 11.9. The summed E-state index contributed by atoms with van der Waals surface area (Å²) < 4.78 is 28.1. The predicted octanol–water partition coefficient (Wildman–Crippen LogP) is 3.60. The molecule has 0 unspecified atom stereocenters. The topological polar surface area (TPSA) is 66.5 Å². The molecule has 1 saturated heterocycles. The minimum Gasteiger partial charge on any atom is -0.371 e. The van der Waals surface area contributed by atoms with Crippen molar-refractivity contribution >= 4 is 27.2 Å². The molecule has 0 amide bonds. The molecule has 5 nitrogen and oxygen atoms in total. The van der Waals surface area contributed by atoms with Gasteiger partial charge in [-0.05, 0) is 56.5 Å². The molecule has 132 valence electrons. The molecule has 0 radical (unpaired) electrons. The number of carbonyl (C=O) groups excluding carboxylic acids is 1. The first kappa shape index (κ1) is 17.5. The number of ketones is 1. The van der Waals surface area contributed by atoms with Crippen molar-refractivity contribution in [1.82, 2.24) is 0 Å². The van der Waals surface area contributed by atoms with Crippen molar-refractivity contribution in [3.05, 3.63) is 53.6 Å². The first-order valence-corrected chi connectivity index (χ1v) is 9.84. The molecule has 1 fully saturated rings. The van der Waals surface area contributed by atoms with Gasteiger partial charge in [0.2, 0.25) is 0 Å². The van der Waals surface area contributed by atoms with Gasteiger partial charge in [0.1, 0.15) is 0 Å². The number of Topliss-reactive ketones (excluding diaryl/α,β-unsaturated/α-hetero) is 1. The van der Waals surface area contributed by atoms with E-state index in [0.717, 1.165) is 37.2 Å². The predicted molar refractivity (Wildman–Crippen MR) is 99.9 cm³/mol. The number of nitrogens with zero attached hydrogens (tertiary/aromatic N) is 1. The zero-order chi connectivity index (χ0) is 18.0. The third-order valence-electron chi connectivity index (χ3n) is 4.49. The fraction of sp³-hybridized carbons (Fsp3) is 0.316. The largest absolute Gasteiger partial charge is 0.371 e. The SMILES string of the molecule is CC(=O)c1cccc(S(=O)(=O)Nc2cc(N3CCCC3)ccc2C)c1. The normalized spacial score (nSPS) is 14.6. The van der Waals surface area contributed by atoms with Crippen LogP contribution < -0.4 is 9.62 Å². The van der Waals surface area contributed by atoms with E-state index in [1.807, 2.05) is 25.1 Å². The summed E-state index contributed by atoms with van der Waals surface area (Å²) in [6.45, 7) is 5.28. The molecule has 25 heavy (non-hydrogen) atoms. The Morgan fingerprint density at radius 2 is 1.80 bits per heavy atom. The molecule has 0 aliphatic carbocycles. The number of rotatable bonds is 5. The quantitative estimate of drug-likeness (QED) is 0.830. The highest BCUT2D eigenvalue weighted by atomic mass is 32.2. The Bertz CT molecular complexity index is 901. The van der Waals surface area contributed by atoms with Crippen LogP contribution in [0.1, 0.15) is 35.7 Å². The molecule has 1 aliphatic heterocycles. The lowest BCUT2D eigenvalue weighted by molar-refractivity contribution is 0.101. The summed E-state index contributed by atoms with van der Waals surface area (Å²) >= 11 is 0. The van der Waals surface area contributed by atoms with Gasteiger partial charge in [-0.2, -0.15) is 0 Å². The molecule has 2 aromatic carbocycles. The molecule has 1 aliphatic rings. The summed E-state index contributed by atoms with van der Waals surface area (Å²) in [7, 11) is -3.75. The second-order valence-electron chi connectivity index (χ2n) is 6.38. The molecule has 0 bridgehead atoms. The molecule has 0 saturated carbocycles. The lowest BCUT2D eigenvalue weighted by atomic mass is 10.2. The van der Waals surface area contributed by atoms with Crippen molar-refractivity contribution in [2.24, 2.45) is 0 Å². The van der Waals surface area contributed by atoms with Crippen molar-refractivity contribution in [2.75, 3.05) is 22.7 Å². The van der Waals surface area contributed by atoms with Crippen molar-refractivity contribution in [1.29, 1.82) is 0 Å². The number of nitrogens with one attached hydrogen (secondary N) is 1. The third-order valence-corrected chi connectivity index (χ3v) is 5.85. The molecular formula is C19H22N2O3S. The van der Waals surface area contributed by atoms with Gasteiger partial charge in [0.25, 0.3) is 10.0 Å². The van der Waals surface area contributed by atoms with Gasteiger partial charge in [0, 0.05) is 24.3 Å². The molecule has 2 aromatic rings. The van der Waals surface area contributed by atoms with E-state index in [1.54, 1.807) is 12.1 Å². The van der Waals surface area contributed by atoms with Crippen LogP contribution in [0.4, 0.5) is 11.4 Å². The highest BCUT2D eigenvalue weighted by Crippen LogP contribution is 2.28. The number of benzene rings is 2. The summed E-state index contributed by atoms with van der Waals surface area (Å²) in [6.07, 6.45) is 2.32. The number of hydrogen-bond donors (Lipinski definition) is 1. The zero-order valence-corrected chi connectivity index (χ0v) is 15.3. The van der Waals surface area contributed by atoms with Crippen molar-refractivity contribution in [2.45, 2.75) is 31.6 Å². The van der Waals surface area contributed by atoms with Gasteiger partial charge >= 0.3 is 0 Å². The molecule has 1 heterocycles. The maximum Gasteiger partial charge on any atom is 0.261 e. The Morgan fingerprint density at radius 3 is 2.48 bits per heavy atom.